The fraction of sp³-hybridized carbons (Fsp3) is 0.913. The fourth-order valence-corrected chi connectivity index (χ4v) is 7.63. The van der Waals surface area contributed by atoms with E-state index in [-0.39, 0.29) is 38.6 Å². The molecule has 3 N–H and O–H groups in total. The summed E-state index contributed by atoms with van der Waals surface area (Å²) in [7, 11) is -4.37. The molecule has 332 valence electrons. The van der Waals surface area contributed by atoms with Gasteiger partial charge in [0.25, 0.3) is 0 Å². The second-order valence-electron chi connectivity index (χ2n) is 16.0. The summed E-state index contributed by atoms with van der Waals surface area (Å²) in [6.45, 7) is 3.76. The zero-order valence-corrected chi connectivity index (χ0v) is 37.5. The molecule has 1 unspecified atom stereocenters. The highest BCUT2D eigenvalue weighted by molar-refractivity contribution is 7.47. The predicted octanol–water partition coefficient (Wildman–Crippen LogP) is 13.8. The van der Waals surface area contributed by atoms with E-state index >= 15 is 0 Å². The number of rotatable bonds is 45. The number of esters is 2. The highest BCUT2D eigenvalue weighted by atomic mass is 31.2. The molecular weight excluding hydrogens is 725 g/mol. The lowest BCUT2D eigenvalue weighted by atomic mass is 10.0. The second kappa shape index (κ2) is 43.3. The van der Waals surface area contributed by atoms with Crippen molar-refractivity contribution in [2.24, 2.45) is 5.73 Å². The van der Waals surface area contributed by atoms with Crippen molar-refractivity contribution in [1.29, 1.82) is 0 Å². The molecule has 0 saturated carbocycles. The monoisotopic (exact) mass is 816 g/mol. The Morgan fingerprint density at radius 3 is 1.29 bits per heavy atom. The van der Waals surface area contributed by atoms with Crippen LogP contribution >= 0.6 is 7.82 Å². The van der Waals surface area contributed by atoms with Crippen LogP contribution in [0.1, 0.15) is 239 Å². The van der Waals surface area contributed by atoms with Gasteiger partial charge in [-0.2, -0.15) is 0 Å². The zero-order valence-electron chi connectivity index (χ0n) is 36.6. The number of carbonyl (C=O) groups excluding carboxylic acids is 2. The first kappa shape index (κ1) is 54.8. The van der Waals surface area contributed by atoms with Gasteiger partial charge in [0.15, 0.2) is 6.10 Å². The summed E-state index contributed by atoms with van der Waals surface area (Å²) in [6.07, 6.45) is 45.2. The first-order valence-corrected chi connectivity index (χ1v) is 25.2. The minimum Gasteiger partial charge on any atom is -0.462 e. The van der Waals surface area contributed by atoms with E-state index in [0.717, 1.165) is 32.1 Å². The molecule has 0 radical (unpaired) electrons. The Morgan fingerprint density at radius 2 is 0.875 bits per heavy atom. The van der Waals surface area contributed by atoms with Gasteiger partial charge in [0, 0.05) is 19.4 Å². The van der Waals surface area contributed by atoms with Crippen molar-refractivity contribution in [3.05, 3.63) is 12.2 Å². The van der Waals surface area contributed by atoms with Crippen LogP contribution in [0.5, 0.6) is 0 Å². The Hall–Kier alpha value is -1.25. The van der Waals surface area contributed by atoms with Gasteiger partial charge in [0.05, 0.1) is 13.2 Å². The standard InChI is InChI=1S/C46H90NO8P/c1-3-5-7-9-11-13-15-17-19-21-23-25-27-29-31-33-35-37-39-46(49)55-44(43-54-56(50,51)53-41-40-47)42-52-45(48)38-36-34-32-30-28-26-24-22-20-18-16-14-12-10-8-6-4-2/h14,16,44H,3-13,15,17-43,47H2,1-2H3,(H,50,51)/b16-14+/t44-/m1/s1. The van der Waals surface area contributed by atoms with Crippen LogP contribution in [0.25, 0.3) is 0 Å². The first-order valence-electron chi connectivity index (χ1n) is 23.7. The van der Waals surface area contributed by atoms with Gasteiger partial charge in [0.2, 0.25) is 0 Å². The third-order valence-electron chi connectivity index (χ3n) is 10.4. The maximum Gasteiger partial charge on any atom is 0.472 e. The number of carbonyl (C=O) groups is 2. The summed E-state index contributed by atoms with van der Waals surface area (Å²) >= 11 is 0. The molecule has 0 aromatic rings. The van der Waals surface area contributed by atoms with Crippen LogP contribution < -0.4 is 5.73 Å². The van der Waals surface area contributed by atoms with E-state index in [1.165, 1.54) is 173 Å². The molecule has 0 aliphatic carbocycles. The normalized spacial score (nSPS) is 13.3. The number of hydrogen-bond acceptors (Lipinski definition) is 8. The Kier molecular flexibility index (Phi) is 42.4. The van der Waals surface area contributed by atoms with Gasteiger partial charge in [-0.3, -0.25) is 18.6 Å². The zero-order chi connectivity index (χ0) is 41.1. The van der Waals surface area contributed by atoms with Crippen molar-refractivity contribution in [2.45, 2.75) is 245 Å². The van der Waals surface area contributed by atoms with Crippen molar-refractivity contribution in [2.75, 3.05) is 26.4 Å². The molecule has 0 aromatic heterocycles. The Balaban J connectivity index is 4.06. The number of hydrogen-bond donors (Lipinski definition) is 2. The van der Waals surface area contributed by atoms with Crippen LogP contribution in [0.15, 0.2) is 12.2 Å². The summed E-state index contributed by atoms with van der Waals surface area (Å²) in [5, 5.41) is 0. The smallest absolute Gasteiger partial charge is 0.462 e. The van der Waals surface area contributed by atoms with Gasteiger partial charge in [-0.1, -0.05) is 199 Å². The van der Waals surface area contributed by atoms with Crippen LogP contribution in [0.2, 0.25) is 0 Å². The van der Waals surface area contributed by atoms with E-state index in [4.69, 9.17) is 24.3 Å². The van der Waals surface area contributed by atoms with Gasteiger partial charge in [-0.15, -0.1) is 0 Å². The molecule has 10 heteroatoms. The molecule has 0 heterocycles. The number of phosphoric acid groups is 1. The number of nitrogens with two attached hydrogens (primary N) is 1. The lowest BCUT2D eigenvalue weighted by Gasteiger charge is -2.19. The summed E-state index contributed by atoms with van der Waals surface area (Å²) < 4.78 is 32.9. The van der Waals surface area contributed by atoms with E-state index in [1.807, 2.05) is 0 Å². The summed E-state index contributed by atoms with van der Waals surface area (Å²) in [5.41, 5.74) is 5.36. The van der Waals surface area contributed by atoms with Gasteiger partial charge >= 0.3 is 19.8 Å². The van der Waals surface area contributed by atoms with Crippen molar-refractivity contribution >= 4 is 19.8 Å². The molecule has 0 bridgehead atoms. The quantitative estimate of drug-likeness (QED) is 0.0266. The molecule has 0 aliphatic rings. The van der Waals surface area contributed by atoms with Crippen LogP contribution in [-0.2, 0) is 32.7 Å². The Bertz CT molecular complexity index is 933. The first-order chi connectivity index (χ1) is 27.3. The van der Waals surface area contributed by atoms with E-state index in [1.54, 1.807) is 0 Å². The van der Waals surface area contributed by atoms with Gasteiger partial charge in [-0.25, -0.2) is 4.57 Å². The number of phosphoric ester groups is 1. The van der Waals surface area contributed by atoms with E-state index in [9.17, 15) is 19.0 Å². The van der Waals surface area contributed by atoms with Crippen LogP contribution in [0.4, 0.5) is 0 Å². The average molecular weight is 816 g/mol. The molecule has 0 fully saturated rings. The van der Waals surface area contributed by atoms with Crippen molar-refractivity contribution in [3.8, 4) is 0 Å². The molecule has 0 rings (SSSR count). The third kappa shape index (κ3) is 42.4. The number of ether oxygens (including phenoxy) is 2. The molecule has 0 amide bonds. The average Bonchev–Trinajstić information content (AvgIpc) is 3.18. The maximum atomic E-state index is 12.6. The summed E-state index contributed by atoms with van der Waals surface area (Å²) in [5.74, 6) is -0.817. The molecule has 0 spiro atoms. The van der Waals surface area contributed by atoms with Gasteiger partial charge in [0.1, 0.15) is 6.61 Å². The predicted molar refractivity (Wildman–Crippen MR) is 234 cm³/mol. The van der Waals surface area contributed by atoms with Crippen molar-refractivity contribution in [3.63, 3.8) is 0 Å². The van der Waals surface area contributed by atoms with Crippen molar-refractivity contribution < 1.29 is 37.6 Å². The molecule has 0 saturated heterocycles. The second-order valence-corrected chi connectivity index (χ2v) is 17.4. The summed E-state index contributed by atoms with van der Waals surface area (Å²) in [6, 6.07) is 0. The molecular formula is C46H90NO8P. The lowest BCUT2D eigenvalue weighted by Crippen LogP contribution is -2.29. The molecule has 56 heavy (non-hydrogen) atoms. The topological polar surface area (TPSA) is 134 Å². The summed E-state index contributed by atoms with van der Waals surface area (Å²) in [4.78, 5) is 34.9. The van der Waals surface area contributed by atoms with E-state index in [2.05, 4.69) is 26.0 Å². The Labute approximate surface area is 345 Å². The maximum absolute atomic E-state index is 12.6. The van der Waals surface area contributed by atoms with Crippen LogP contribution in [0.3, 0.4) is 0 Å². The highest BCUT2D eigenvalue weighted by Gasteiger charge is 2.26. The molecule has 2 atom stereocenters. The van der Waals surface area contributed by atoms with E-state index < -0.39 is 26.5 Å². The number of allylic oxidation sites excluding steroid dienone is 2. The highest BCUT2D eigenvalue weighted by Crippen LogP contribution is 2.43. The van der Waals surface area contributed by atoms with Gasteiger partial charge < -0.3 is 20.1 Å². The van der Waals surface area contributed by atoms with E-state index in [0.29, 0.717) is 6.42 Å². The van der Waals surface area contributed by atoms with Crippen LogP contribution in [0, 0.1) is 0 Å². The van der Waals surface area contributed by atoms with Crippen molar-refractivity contribution in [1.82, 2.24) is 0 Å². The lowest BCUT2D eigenvalue weighted by molar-refractivity contribution is -0.161. The number of unbranched alkanes of at least 4 members (excludes halogenated alkanes) is 30. The van der Waals surface area contributed by atoms with Gasteiger partial charge in [-0.05, 0) is 38.5 Å². The molecule has 0 aromatic carbocycles. The molecule has 9 nitrogen and oxygen atoms in total. The molecule has 0 aliphatic heterocycles. The SMILES string of the molecule is CCCCCC/C=C/CCCCCCCCCCCC(=O)OC[C@H](COP(=O)(O)OCCN)OC(=O)CCCCCCCCCCCCCCCCCCCC. The fourth-order valence-electron chi connectivity index (χ4n) is 6.87. The minimum absolute atomic E-state index is 0.0563. The minimum atomic E-state index is -4.37. The van der Waals surface area contributed by atoms with Crippen LogP contribution in [-0.4, -0.2) is 49.3 Å². The Morgan fingerprint density at radius 1 is 0.518 bits per heavy atom. The largest absolute Gasteiger partial charge is 0.472 e. The third-order valence-corrected chi connectivity index (χ3v) is 11.4.